The molecule has 0 fully saturated rings. The molecule has 0 aromatic heterocycles. The Bertz CT molecular complexity index is 1150. The minimum absolute atomic E-state index is 0.130. The van der Waals surface area contributed by atoms with Crippen molar-refractivity contribution in [1.29, 1.82) is 0 Å². The van der Waals surface area contributed by atoms with Gasteiger partial charge in [0.15, 0.2) is 0 Å². The normalized spacial score (nSPS) is 19.6. The molecule has 1 aromatic rings. The molecule has 2 aliphatic rings. The van der Waals surface area contributed by atoms with Crippen LogP contribution in [0.15, 0.2) is 52.8 Å². The highest BCUT2D eigenvalue weighted by Crippen LogP contribution is 2.52. The zero-order valence-corrected chi connectivity index (χ0v) is 20.0. The van der Waals surface area contributed by atoms with Crippen molar-refractivity contribution in [2.75, 3.05) is 33.3 Å². The molecule has 180 valence electrons. The van der Waals surface area contributed by atoms with Gasteiger partial charge in [-0.1, -0.05) is 50.6 Å². The fourth-order valence-corrected chi connectivity index (χ4v) is 4.59. The number of carbonyl (C=O) groups excluding carboxylic acids is 4. The van der Waals surface area contributed by atoms with Crippen molar-refractivity contribution in [3.05, 3.63) is 58.3 Å². The predicted octanol–water partition coefficient (Wildman–Crippen LogP) is 2.56. The number of methoxy groups -OCH3 is 4. The van der Waals surface area contributed by atoms with Crippen molar-refractivity contribution in [1.82, 2.24) is 0 Å². The summed E-state index contributed by atoms with van der Waals surface area (Å²) in [5.74, 6) is -4.07. The fourth-order valence-electron chi connectivity index (χ4n) is 4.59. The lowest BCUT2D eigenvalue weighted by Gasteiger charge is -2.52. The summed E-state index contributed by atoms with van der Waals surface area (Å²) in [6, 6.07) is 7.18. The highest BCUT2D eigenvalue weighted by molar-refractivity contribution is 6.19. The number of carbonyl (C=O) groups is 4. The first-order valence-corrected chi connectivity index (χ1v) is 10.7. The van der Waals surface area contributed by atoms with Gasteiger partial charge in [-0.25, -0.2) is 19.2 Å². The average molecular weight is 469 g/mol. The largest absolute Gasteiger partial charge is 0.466 e. The van der Waals surface area contributed by atoms with Gasteiger partial charge in [0.2, 0.25) is 0 Å². The van der Waals surface area contributed by atoms with E-state index in [0.717, 1.165) is 26.9 Å². The Labute approximate surface area is 197 Å². The molecular formula is C25H27NO8. The van der Waals surface area contributed by atoms with Gasteiger partial charge in [0, 0.05) is 5.69 Å². The van der Waals surface area contributed by atoms with Gasteiger partial charge in [-0.2, -0.15) is 0 Å². The Balaban J connectivity index is 2.66. The van der Waals surface area contributed by atoms with Crippen LogP contribution >= 0.6 is 0 Å². The van der Waals surface area contributed by atoms with Gasteiger partial charge in [0.05, 0.1) is 45.1 Å². The standard InChI is InChI=1S/C25H27NO8/c1-7-14(2)25-13-12-15-10-8-9-11-16(15)26(25)20(24(30)34-6)18(22(28)32-4)17(21(27)31-3)19(25)23(29)33-5/h8-14H,7H2,1-6H3/t14-,25-/m0/s1. The number of rotatable bonds is 6. The maximum Gasteiger partial charge on any atom is 0.355 e. The molecule has 2 aliphatic heterocycles. The number of esters is 4. The van der Waals surface area contributed by atoms with Crippen LogP contribution in [0.1, 0.15) is 25.8 Å². The Morgan fingerprint density at radius 3 is 1.97 bits per heavy atom. The lowest BCUT2D eigenvalue weighted by Crippen LogP contribution is -2.60. The molecular weight excluding hydrogens is 442 g/mol. The number of ether oxygens (including phenoxy) is 4. The molecule has 0 unspecified atom stereocenters. The topological polar surface area (TPSA) is 108 Å². The Hall–Kier alpha value is -3.88. The van der Waals surface area contributed by atoms with Crippen molar-refractivity contribution in [3.8, 4) is 0 Å². The van der Waals surface area contributed by atoms with Crippen LogP contribution in [0.25, 0.3) is 6.08 Å². The molecule has 0 spiro atoms. The molecule has 3 rings (SSSR count). The zero-order valence-electron chi connectivity index (χ0n) is 20.0. The van der Waals surface area contributed by atoms with Gasteiger partial charge in [0.1, 0.15) is 11.3 Å². The minimum atomic E-state index is -1.37. The monoisotopic (exact) mass is 469 g/mol. The summed E-state index contributed by atoms with van der Waals surface area (Å²) < 4.78 is 20.1. The molecule has 9 nitrogen and oxygen atoms in total. The molecule has 9 heteroatoms. The lowest BCUT2D eigenvalue weighted by molar-refractivity contribution is -0.142. The first-order valence-electron chi connectivity index (χ1n) is 10.7. The van der Waals surface area contributed by atoms with Crippen LogP contribution in [0.2, 0.25) is 0 Å². The number of fused-ring (bicyclic) bond motifs is 3. The van der Waals surface area contributed by atoms with E-state index in [9.17, 15) is 19.2 Å². The number of nitrogens with zero attached hydrogens (tertiary/aromatic N) is 1. The maximum absolute atomic E-state index is 13.4. The summed E-state index contributed by atoms with van der Waals surface area (Å²) in [5, 5.41) is 0. The van der Waals surface area contributed by atoms with Gasteiger partial charge in [0.25, 0.3) is 0 Å². The number of anilines is 1. The number of hydrogen-bond donors (Lipinski definition) is 0. The summed E-state index contributed by atoms with van der Waals surface area (Å²) in [6.45, 7) is 3.79. The van der Waals surface area contributed by atoms with Gasteiger partial charge < -0.3 is 23.8 Å². The van der Waals surface area contributed by atoms with Crippen LogP contribution in [0.3, 0.4) is 0 Å². The van der Waals surface area contributed by atoms with E-state index < -0.39 is 40.6 Å². The first kappa shape index (κ1) is 24.8. The molecule has 0 amide bonds. The molecule has 0 radical (unpaired) electrons. The highest BCUT2D eigenvalue weighted by atomic mass is 16.5. The summed E-state index contributed by atoms with van der Waals surface area (Å²) in [4.78, 5) is 54.4. The van der Waals surface area contributed by atoms with Crippen LogP contribution in [0, 0.1) is 5.92 Å². The van der Waals surface area contributed by atoms with E-state index >= 15 is 0 Å². The number of benzene rings is 1. The quantitative estimate of drug-likeness (QED) is 0.459. The third-order valence-corrected chi connectivity index (χ3v) is 6.34. The van der Waals surface area contributed by atoms with E-state index in [1.165, 1.54) is 7.11 Å². The third kappa shape index (κ3) is 3.48. The summed E-state index contributed by atoms with van der Waals surface area (Å²) in [7, 11) is 4.57. The predicted molar refractivity (Wildman–Crippen MR) is 122 cm³/mol. The van der Waals surface area contributed by atoms with Crippen molar-refractivity contribution in [2.45, 2.75) is 25.8 Å². The van der Waals surface area contributed by atoms with Crippen LogP contribution in [0.4, 0.5) is 5.69 Å². The van der Waals surface area contributed by atoms with Crippen molar-refractivity contribution in [2.24, 2.45) is 5.92 Å². The fraction of sp³-hybridized carbons (Fsp3) is 0.360. The highest BCUT2D eigenvalue weighted by Gasteiger charge is 2.57. The van der Waals surface area contributed by atoms with E-state index in [1.54, 1.807) is 23.1 Å². The molecule has 0 saturated carbocycles. The maximum atomic E-state index is 13.4. The minimum Gasteiger partial charge on any atom is -0.466 e. The second-order valence-electron chi connectivity index (χ2n) is 7.80. The van der Waals surface area contributed by atoms with E-state index in [-0.39, 0.29) is 17.2 Å². The van der Waals surface area contributed by atoms with Crippen molar-refractivity contribution < 1.29 is 38.1 Å². The SMILES string of the molecule is CC[C@H](C)[C@]12C=Cc3ccccc3N1C(C(=O)OC)=C(C(=O)OC)C(C(=O)OC)=C2C(=O)OC. The van der Waals surface area contributed by atoms with Crippen LogP contribution in [-0.4, -0.2) is 57.9 Å². The Morgan fingerprint density at radius 1 is 0.853 bits per heavy atom. The van der Waals surface area contributed by atoms with Crippen molar-refractivity contribution >= 4 is 35.6 Å². The van der Waals surface area contributed by atoms with Gasteiger partial charge in [-0.3, -0.25) is 0 Å². The second-order valence-corrected chi connectivity index (χ2v) is 7.80. The smallest absolute Gasteiger partial charge is 0.355 e. The molecule has 0 N–H and O–H groups in total. The van der Waals surface area contributed by atoms with E-state index in [0.29, 0.717) is 12.1 Å². The zero-order chi connectivity index (χ0) is 25.2. The van der Waals surface area contributed by atoms with Crippen LogP contribution < -0.4 is 4.90 Å². The number of para-hydroxylation sites is 1. The van der Waals surface area contributed by atoms with Crippen molar-refractivity contribution in [3.63, 3.8) is 0 Å². The van der Waals surface area contributed by atoms with E-state index in [2.05, 4.69) is 0 Å². The van der Waals surface area contributed by atoms with Gasteiger partial charge in [-0.05, 0) is 17.5 Å². The van der Waals surface area contributed by atoms with Gasteiger partial charge in [-0.15, -0.1) is 0 Å². The second kappa shape index (κ2) is 9.54. The molecule has 1 aromatic carbocycles. The molecule has 0 saturated heterocycles. The molecule has 2 heterocycles. The Kier molecular flexibility index (Phi) is 6.95. The summed E-state index contributed by atoms with van der Waals surface area (Å²) in [5.41, 5.74) is -1.31. The third-order valence-electron chi connectivity index (χ3n) is 6.34. The molecule has 0 aliphatic carbocycles. The summed E-state index contributed by atoms with van der Waals surface area (Å²) >= 11 is 0. The first-order chi connectivity index (χ1) is 16.2. The molecule has 2 atom stereocenters. The van der Waals surface area contributed by atoms with E-state index in [4.69, 9.17) is 18.9 Å². The molecule has 0 bridgehead atoms. The van der Waals surface area contributed by atoms with Crippen LogP contribution in [-0.2, 0) is 38.1 Å². The average Bonchev–Trinajstić information content (AvgIpc) is 2.88. The lowest BCUT2D eigenvalue weighted by atomic mass is 9.68. The van der Waals surface area contributed by atoms with E-state index in [1.807, 2.05) is 32.1 Å². The van der Waals surface area contributed by atoms with Crippen LogP contribution in [0.5, 0.6) is 0 Å². The summed E-state index contributed by atoms with van der Waals surface area (Å²) in [6.07, 6.45) is 4.10. The van der Waals surface area contributed by atoms with Gasteiger partial charge >= 0.3 is 23.9 Å². The Morgan fingerprint density at radius 2 is 1.41 bits per heavy atom. The number of hydrogen-bond acceptors (Lipinski definition) is 9. The molecule has 34 heavy (non-hydrogen) atoms.